The fourth-order valence-corrected chi connectivity index (χ4v) is 4.20. The van der Waals surface area contributed by atoms with E-state index in [1.807, 2.05) is 34.8 Å². The van der Waals surface area contributed by atoms with E-state index >= 15 is 0 Å². The van der Waals surface area contributed by atoms with Crippen LogP contribution in [0.2, 0.25) is 0 Å². The van der Waals surface area contributed by atoms with Gasteiger partial charge < -0.3 is 14.2 Å². The zero-order valence-electron chi connectivity index (χ0n) is 15.2. The highest BCUT2D eigenvalue weighted by molar-refractivity contribution is 7.12. The largest absolute Gasteiger partial charge is 0.472 e. The molecule has 1 saturated heterocycles. The van der Waals surface area contributed by atoms with Gasteiger partial charge >= 0.3 is 0 Å². The Morgan fingerprint density at radius 3 is 2.41 bits per heavy atom. The Morgan fingerprint density at radius 2 is 1.81 bits per heavy atom. The minimum atomic E-state index is -0.0576. The van der Waals surface area contributed by atoms with Gasteiger partial charge in [0.1, 0.15) is 6.26 Å². The molecular weight excluding hydrogens is 364 g/mol. The van der Waals surface area contributed by atoms with Crippen LogP contribution in [0.15, 0.2) is 40.7 Å². The van der Waals surface area contributed by atoms with Crippen molar-refractivity contribution in [1.82, 2.24) is 19.4 Å². The summed E-state index contributed by atoms with van der Waals surface area (Å²) >= 11 is 1.54. The first kappa shape index (κ1) is 17.5. The molecule has 0 aromatic carbocycles. The number of hydrogen-bond donors (Lipinski definition) is 0. The lowest BCUT2D eigenvalue weighted by Crippen LogP contribution is -2.50. The number of aromatic nitrogens is 2. The highest BCUT2D eigenvalue weighted by Crippen LogP contribution is 2.24. The monoisotopic (exact) mass is 384 g/mol. The number of carbonyl (C=O) groups excluding carboxylic acids is 2. The third-order valence-corrected chi connectivity index (χ3v) is 5.65. The van der Waals surface area contributed by atoms with E-state index in [-0.39, 0.29) is 11.8 Å². The Labute approximate surface area is 160 Å². The Hall–Kier alpha value is -2.87. The lowest BCUT2D eigenvalue weighted by Gasteiger charge is -2.34. The van der Waals surface area contributed by atoms with Crippen molar-refractivity contribution in [1.29, 1.82) is 0 Å². The molecule has 0 N–H and O–H groups in total. The van der Waals surface area contributed by atoms with Crippen LogP contribution in [0.1, 0.15) is 32.1 Å². The quantitative estimate of drug-likeness (QED) is 0.696. The number of furan rings is 1. The zero-order chi connectivity index (χ0) is 19.0. The molecule has 1 aliphatic heterocycles. The van der Waals surface area contributed by atoms with Gasteiger partial charge in [0.05, 0.1) is 17.4 Å². The zero-order valence-corrected chi connectivity index (χ0v) is 16.0. The first-order valence-corrected chi connectivity index (χ1v) is 9.64. The van der Waals surface area contributed by atoms with Crippen molar-refractivity contribution in [2.75, 3.05) is 26.2 Å². The molecular formula is C19H20N4O3S. The first-order chi connectivity index (χ1) is 13.1. The maximum Gasteiger partial charge on any atom is 0.257 e. The smallest absolute Gasteiger partial charge is 0.257 e. The molecule has 0 saturated carbocycles. The lowest BCUT2D eigenvalue weighted by atomic mass is 10.2. The third-order valence-electron chi connectivity index (χ3n) is 4.89. The summed E-state index contributed by atoms with van der Waals surface area (Å²) in [6, 6.07) is 3.58. The average Bonchev–Trinajstić information content (AvgIpc) is 3.42. The lowest BCUT2D eigenvalue weighted by molar-refractivity contribution is 0.0534. The van der Waals surface area contributed by atoms with Crippen LogP contribution in [0.3, 0.4) is 0 Å². The summed E-state index contributed by atoms with van der Waals surface area (Å²) in [4.78, 5) is 33.4. The summed E-state index contributed by atoms with van der Waals surface area (Å²) in [5.41, 5.74) is 3.11. The maximum atomic E-state index is 13.0. The van der Waals surface area contributed by atoms with E-state index in [0.717, 1.165) is 16.5 Å². The number of nitrogens with zero attached hydrogens (tertiary/aromatic N) is 4. The molecule has 3 aromatic rings. The highest BCUT2D eigenvalue weighted by Gasteiger charge is 2.28. The van der Waals surface area contributed by atoms with Crippen molar-refractivity contribution in [3.63, 3.8) is 0 Å². The fourth-order valence-electron chi connectivity index (χ4n) is 3.45. The molecule has 2 amide bonds. The van der Waals surface area contributed by atoms with Crippen molar-refractivity contribution in [3.8, 4) is 5.13 Å². The molecule has 3 aromatic heterocycles. The van der Waals surface area contributed by atoms with Gasteiger partial charge in [0.15, 0.2) is 5.13 Å². The molecule has 7 nitrogen and oxygen atoms in total. The summed E-state index contributed by atoms with van der Waals surface area (Å²) in [6.07, 6.45) is 4.70. The molecule has 4 rings (SSSR count). The minimum Gasteiger partial charge on any atom is -0.472 e. The van der Waals surface area contributed by atoms with Crippen LogP contribution in [0, 0.1) is 13.8 Å². The molecule has 8 heteroatoms. The number of amides is 2. The molecule has 0 spiro atoms. The normalized spacial score (nSPS) is 14.6. The third kappa shape index (κ3) is 3.16. The van der Waals surface area contributed by atoms with Gasteiger partial charge in [-0.1, -0.05) is 0 Å². The summed E-state index contributed by atoms with van der Waals surface area (Å²) in [5.74, 6) is -0.0564. The fraction of sp³-hybridized carbons (Fsp3) is 0.316. The van der Waals surface area contributed by atoms with Crippen LogP contribution in [-0.2, 0) is 0 Å². The van der Waals surface area contributed by atoms with Gasteiger partial charge in [-0.05, 0) is 26.0 Å². The molecule has 1 fully saturated rings. The molecule has 0 atom stereocenters. The van der Waals surface area contributed by atoms with Crippen molar-refractivity contribution >= 4 is 23.2 Å². The number of hydrogen-bond acceptors (Lipinski definition) is 5. The Morgan fingerprint density at radius 1 is 1.11 bits per heavy atom. The molecule has 4 heterocycles. The summed E-state index contributed by atoms with van der Waals surface area (Å²) in [5, 5.41) is 2.78. The van der Waals surface area contributed by atoms with E-state index in [2.05, 4.69) is 4.98 Å². The van der Waals surface area contributed by atoms with E-state index in [4.69, 9.17) is 4.42 Å². The Bertz CT molecular complexity index is 952. The van der Waals surface area contributed by atoms with Gasteiger partial charge in [0.25, 0.3) is 11.8 Å². The number of thiazole rings is 1. The van der Waals surface area contributed by atoms with Crippen LogP contribution >= 0.6 is 11.3 Å². The Kier molecular flexibility index (Phi) is 4.57. The van der Waals surface area contributed by atoms with Crippen LogP contribution < -0.4 is 0 Å². The van der Waals surface area contributed by atoms with Gasteiger partial charge in [-0.15, -0.1) is 11.3 Å². The second-order valence-electron chi connectivity index (χ2n) is 6.53. The first-order valence-electron chi connectivity index (χ1n) is 8.76. The molecule has 1 aliphatic rings. The van der Waals surface area contributed by atoms with E-state index in [9.17, 15) is 9.59 Å². The minimum absolute atomic E-state index is 0.00122. The molecule has 0 unspecified atom stereocenters. The van der Waals surface area contributed by atoms with Crippen LogP contribution in [0.5, 0.6) is 0 Å². The number of rotatable bonds is 3. The number of piperazine rings is 1. The van der Waals surface area contributed by atoms with E-state index in [0.29, 0.717) is 37.3 Å². The van der Waals surface area contributed by atoms with E-state index in [1.54, 1.807) is 28.5 Å². The highest BCUT2D eigenvalue weighted by atomic mass is 32.1. The Balaban J connectivity index is 1.47. The van der Waals surface area contributed by atoms with Gasteiger partial charge in [0.2, 0.25) is 0 Å². The van der Waals surface area contributed by atoms with Gasteiger partial charge in [0, 0.05) is 49.1 Å². The van der Waals surface area contributed by atoms with Crippen LogP contribution in [-0.4, -0.2) is 57.3 Å². The molecule has 0 aliphatic carbocycles. The molecule has 27 heavy (non-hydrogen) atoms. The average molecular weight is 384 g/mol. The second-order valence-corrected chi connectivity index (χ2v) is 7.40. The predicted octanol–water partition coefficient (Wildman–Crippen LogP) is 2.74. The summed E-state index contributed by atoms with van der Waals surface area (Å²) < 4.78 is 6.99. The SMILES string of the molecule is Cc1cc(C(=O)N2CCN(C(=O)c3ccoc3)CC2)c(C)n1-c1nccs1. The molecule has 0 radical (unpaired) electrons. The van der Waals surface area contributed by atoms with Gasteiger partial charge in [-0.2, -0.15) is 0 Å². The topological polar surface area (TPSA) is 71.6 Å². The van der Waals surface area contributed by atoms with Gasteiger partial charge in [-0.25, -0.2) is 4.98 Å². The second kappa shape index (κ2) is 7.03. The molecule has 140 valence electrons. The molecule has 0 bridgehead atoms. The van der Waals surface area contributed by atoms with Gasteiger partial charge in [-0.3, -0.25) is 14.2 Å². The van der Waals surface area contributed by atoms with Crippen molar-refractivity contribution < 1.29 is 14.0 Å². The van der Waals surface area contributed by atoms with Crippen molar-refractivity contribution in [2.24, 2.45) is 0 Å². The summed E-state index contributed by atoms with van der Waals surface area (Å²) in [6.45, 7) is 5.99. The van der Waals surface area contributed by atoms with E-state index < -0.39 is 0 Å². The predicted molar refractivity (Wildman–Crippen MR) is 101 cm³/mol. The summed E-state index contributed by atoms with van der Waals surface area (Å²) in [7, 11) is 0. The number of carbonyl (C=O) groups is 2. The van der Waals surface area contributed by atoms with Crippen LogP contribution in [0.4, 0.5) is 0 Å². The van der Waals surface area contributed by atoms with E-state index in [1.165, 1.54) is 12.5 Å². The van der Waals surface area contributed by atoms with Crippen molar-refractivity contribution in [2.45, 2.75) is 13.8 Å². The maximum absolute atomic E-state index is 13.0. The van der Waals surface area contributed by atoms with Crippen LogP contribution in [0.25, 0.3) is 5.13 Å². The number of aryl methyl sites for hydroxylation is 1. The standard InChI is InChI=1S/C19H20N4O3S/c1-13-11-16(14(2)23(13)19-20-4-10-27-19)18(25)22-7-5-21(6-8-22)17(24)15-3-9-26-12-15/h3-4,9-12H,5-8H2,1-2H3. The van der Waals surface area contributed by atoms with Crippen molar-refractivity contribution in [3.05, 3.63) is 58.8 Å².